The van der Waals surface area contributed by atoms with Crippen LogP contribution in [0.2, 0.25) is 0 Å². The van der Waals surface area contributed by atoms with Gasteiger partial charge in [-0.05, 0) is 18.8 Å². The Morgan fingerprint density at radius 1 is 1.00 bits per heavy atom. The fraction of sp³-hybridized carbons (Fsp3) is 0.938. The Labute approximate surface area is 147 Å². The number of nitrogens with two attached hydrogens (primary N) is 1. The first-order valence-electron chi connectivity index (χ1n) is 8.00. The van der Waals surface area contributed by atoms with Gasteiger partial charge >= 0.3 is 35.5 Å². The molecule has 0 unspecified atom stereocenters. The van der Waals surface area contributed by atoms with Crippen molar-refractivity contribution >= 4 is 35.5 Å². The van der Waals surface area contributed by atoms with Crippen molar-refractivity contribution in [1.82, 2.24) is 0 Å². The summed E-state index contributed by atoms with van der Waals surface area (Å²) >= 11 is 0. The van der Waals surface area contributed by atoms with Gasteiger partial charge in [-0.25, -0.2) is 0 Å². The molecule has 3 nitrogen and oxygen atoms in total. The van der Waals surface area contributed by atoms with Crippen LogP contribution in [0, 0.1) is 5.92 Å². The number of rotatable bonds is 12. The number of unbranched alkanes of at least 4 members (excludes halogenated alkanes) is 7. The molecular formula is C16H34NNaO2. The van der Waals surface area contributed by atoms with Gasteiger partial charge in [0.25, 0.3) is 0 Å². The first-order chi connectivity index (χ1) is 9.07. The zero-order valence-corrected chi connectivity index (χ0v) is 13.1. The van der Waals surface area contributed by atoms with Crippen LogP contribution >= 0.6 is 0 Å². The Hall–Kier alpha value is 0.430. The van der Waals surface area contributed by atoms with Crippen molar-refractivity contribution in [2.75, 3.05) is 6.61 Å². The third kappa shape index (κ3) is 14.8. The van der Waals surface area contributed by atoms with Gasteiger partial charge in [-0.2, -0.15) is 0 Å². The molecule has 0 heterocycles. The Bertz CT molecular complexity index is 223. The van der Waals surface area contributed by atoms with Crippen LogP contribution in [0.25, 0.3) is 0 Å². The fourth-order valence-corrected chi connectivity index (χ4v) is 2.12. The Kier molecular flexibility index (Phi) is 18.0. The second-order valence-corrected chi connectivity index (χ2v) is 5.88. The van der Waals surface area contributed by atoms with Gasteiger partial charge in [0.15, 0.2) is 0 Å². The van der Waals surface area contributed by atoms with Crippen molar-refractivity contribution in [2.45, 2.75) is 84.6 Å². The quantitative estimate of drug-likeness (QED) is 0.341. The molecule has 0 aliphatic carbocycles. The summed E-state index contributed by atoms with van der Waals surface area (Å²) in [6.45, 7) is 6.88. The summed E-state index contributed by atoms with van der Waals surface area (Å²) in [6, 6.07) is -0.450. The first-order valence-corrected chi connectivity index (χ1v) is 8.00. The average Bonchev–Trinajstić information content (AvgIpc) is 2.35. The molecule has 0 aromatic heterocycles. The SMILES string of the molecule is CCCCCCCCCCOC(=O)[C@@H](N)CC(C)C.[NaH]. The second kappa shape index (κ2) is 15.8. The first kappa shape index (κ1) is 22.7. The Balaban J connectivity index is 0. The number of hydrogen-bond acceptors (Lipinski definition) is 3. The molecule has 0 aromatic rings. The monoisotopic (exact) mass is 295 g/mol. The number of ether oxygens (including phenoxy) is 1. The van der Waals surface area contributed by atoms with Gasteiger partial charge < -0.3 is 10.5 Å². The zero-order chi connectivity index (χ0) is 14.5. The van der Waals surface area contributed by atoms with E-state index >= 15 is 0 Å². The number of carbonyl (C=O) groups excluding carboxylic acids is 1. The molecule has 20 heavy (non-hydrogen) atoms. The summed E-state index contributed by atoms with van der Waals surface area (Å²) in [6.07, 6.45) is 10.7. The number of carbonyl (C=O) groups is 1. The van der Waals surface area contributed by atoms with E-state index in [2.05, 4.69) is 20.8 Å². The van der Waals surface area contributed by atoms with E-state index in [-0.39, 0.29) is 35.5 Å². The fourth-order valence-electron chi connectivity index (χ4n) is 2.12. The molecule has 2 N–H and O–H groups in total. The van der Waals surface area contributed by atoms with Crippen molar-refractivity contribution in [3.05, 3.63) is 0 Å². The van der Waals surface area contributed by atoms with Crippen molar-refractivity contribution in [3.8, 4) is 0 Å². The molecule has 0 amide bonds. The van der Waals surface area contributed by atoms with Crippen LogP contribution in [0.4, 0.5) is 0 Å². The van der Waals surface area contributed by atoms with Crippen LogP contribution in [0.15, 0.2) is 0 Å². The molecule has 0 rings (SSSR count). The molecule has 0 bridgehead atoms. The van der Waals surface area contributed by atoms with Crippen molar-refractivity contribution < 1.29 is 9.53 Å². The third-order valence-electron chi connectivity index (χ3n) is 3.27. The normalized spacial score (nSPS) is 12.1. The van der Waals surface area contributed by atoms with E-state index in [9.17, 15) is 4.79 Å². The summed E-state index contributed by atoms with van der Waals surface area (Å²) < 4.78 is 5.19. The molecule has 1 atom stereocenters. The average molecular weight is 295 g/mol. The molecule has 0 saturated heterocycles. The van der Waals surface area contributed by atoms with Crippen molar-refractivity contribution in [3.63, 3.8) is 0 Å². The minimum absolute atomic E-state index is 0. The van der Waals surface area contributed by atoms with Gasteiger partial charge in [-0.15, -0.1) is 0 Å². The maximum atomic E-state index is 11.5. The summed E-state index contributed by atoms with van der Waals surface area (Å²) in [5, 5.41) is 0. The van der Waals surface area contributed by atoms with E-state index in [0.717, 1.165) is 12.8 Å². The van der Waals surface area contributed by atoms with Gasteiger partial charge in [-0.1, -0.05) is 65.7 Å². The summed E-state index contributed by atoms with van der Waals surface area (Å²) in [5.41, 5.74) is 5.75. The summed E-state index contributed by atoms with van der Waals surface area (Å²) in [7, 11) is 0. The Morgan fingerprint density at radius 3 is 2.00 bits per heavy atom. The van der Waals surface area contributed by atoms with Gasteiger partial charge in [0, 0.05) is 0 Å². The van der Waals surface area contributed by atoms with Crippen LogP contribution in [-0.4, -0.2) is 48.2 Å². The predicted octanol–water partition coefficient (Wildman–Crippen LogP) is 3.40. The predicted molar refractivity (Wildman–Crippen MR) is 88.1 cm³/mol. The second-order valence-electron chi connectivity index (χ2n) is 5.88. The molecule has 0 saturated carbocycles. The maximum absolute atomic E-state index is 11.5. The summed E-state index contributed by atoms with van der Waals surface area (Å²) in [5.74, 6) is 0.197. The van der Waals surface area contributed by atoms with E-state index in [1.54, 1.807) is 0 Å². The van der Waals surface area contributed by atoms with Crippen LogP contribution in [0.3, 0.4) is 0 Å². The molecule has 0 aliphatic rings. The molecule has 4 heteroatoms. The standard InChI is InChI=1S/C16H33NO2.Na.H/c1-4-5-6-7-8-9-10-11-12-19-16(18)15(17)13-14(2)3;;/h14-15H,4-13,17H2,1-3H3;;/t15-;;/m0../s1. The minimum atomic E-state index is -0.450. The van der Waals surface area contributed by atoms with Crippen LogP contribution in [0.1, 0.15) is 78.6 Å². The topological polar surface area (TPSA) is 52.3 Å². The molecule has 0 aromatic carbocycles. The van der Waals surface area contributed by atoms with E-state index in [1.807, 2.05) is 0 Å². The van der Waals surface area contributed by atoms with Gasteiger partial charge in [0.2, 0.25) is 0 Å². The van der Waals surface area contributed by atoms with Gasteiger partial charge in [0.05, 0.1) is 6.61 Å². The van der Waals surface area contributed by atoms with E-state index in [1.165, 1.54) is 38.5 Å². The summed E-state index contributed by atoms with van der Waals surface area (Å²) in [4.78, 5) is 11.5. The van der Waals surface area contributed by atoms with Gasteiger partial charge in [-0.3, -0.25) is 4.79 Å². The zero-order valence-electron chi connectivity index (χ0n) is 13.1. The van der Waals surface area contributed by atoms with Gasteiger partial charge in [0.1, 0.15) is 6.04 Å². The number of hydrogen-bond donors (Lipinski definition) is 1. The molecule has 0 aliphatic heterocycles. The van der Waals surface area contributed by atoms with Crippen molar-refractivity contribution in [2.24, 2.45) is 11.7 Å². The van der Waals surface area contributed by atoms with E-state index < -0.39 is 6.04 Å². The van der Waals surface area contributed by atoms with Crippen LogP contribution in [-0.2, 0) is 9.53 Å². The molecular weight excluding hydrogens is 261 g/mol. The van der Waals surface area contributed by atoms with E-state index in [4.69, 9.17) is 10.5 Å². The molecule has 0 fully saturated rings. The van der Waals surface area contributed by atoms with E-state index in [0.29, 0.717) is 18.9 Å². The Morgan fingerprint density at radius 2 is 1.50 bits per heavy atom. The number of esters is 1. The molecule has 116 valence electrons. The molecule has 0 spiro atoms. The van der Waals surface area contributed by atoms with Crippen LogP contribution < -0.4 is 5.73 Å². The van der Waals surface area contributed by atoms with Crippen LogP contribution in [0.5, 0.6) is 0 Å². The van der Waals surface area contributed by atoms with Crippen molar-refractivity contribution in [1.29, 1.82) is 0 Å². The third-order valence-corrected chi connectivity index (χ3v) is 3.27. The molecule has 0 radical (unpaired) electrons.